The van der Waals surface area contributed by atoms with E-state index in [2.05, 4.69) is 36.2 Å². The highest BCUT2D eigenvalue weighted by Gasteiger charge is 2.25. The Labute approximate surface area is 132 Å². The van der Waals surface area contributed by atoms with Gasteiger partial charge in [-0.3, -0.25) is 9.78 Å². The Morgan fingerprint density at radius 2 is 1.95 bits per heavy atom. The van der Waals surface area contributed by atoms with Crippen LogP contribution in [0.3, 0.4) is 0 Å². The number of carbonyl (C=O) groups excluding carboxylic acids is 1. The first kappa shape index (κ1) is 14.8. The molecule has 0 aliphatic carbocycles. The topological polar surface area (TPSA) is 33.2 Å². The molecule has 1 aliphatic rings. The first-order chi connectivity index (χ1) is 10.6. The molecule has 1 aromatic heterocycles. The number of hydrogen-bond donors (Lipinski definition) is 0. The minimum absolute atomic E-state index is 0.127. The molecule has 22 heavy (non-hydrogen) atoms. The highest BCUT2D eigenvalue weighted by molar-refractivity contribution is 5.94. The third kappa shape index (κ3) is 3.19. The second-order valence-electron chi connectivity index (χ2n) is 6.19. The number of likely N-dealkylation sites (tertiary alicyclic amines) is 1. The molecule has 1 atom stereocenters. The summed E-state index contributed by atoms with van der Waals surface area (Å²) in [7, 11) is 0. The Hall–Kier alpha value is -2.16. The molecule has 1 aliphatic heterocycles. The minimum atomic E-state index is 0.127. The number of hydrogen-bond acceptors (Lipinski definition) is 2. The minimum Gasteiger partial charge on any atom is -0.338 e. The molecule has 2 aromatic rings. The van der Waals surface area contributed by atoms with Gasteiger partial charge in [0.15, 0.2) is 0 Å². The SMILES string of the molecule is Cc1ccc([C@H]2CCCN(C(=O)c3ccnc(C)c3)C2)cc1. The van der Waals surface area contributed by atoms with Gasteiger partial charge in [-0.1, -0.05) is 29.8 Å². The molecule has 114 valence electrons. The lowest BCUT2D eigenvalue weighted by Crippen LogP contribution is -2.39. The van der Waals surface area contributed by atoms with Gasteiger partial charge in [-0.05, 0) is 44.4 Å². The van der Waals surface area contributed by atoms with Gasteiger partial charge in [0.25, 0.3) is 5.91 Å². The van der Waals surface area contributed by atoms with E-state index in [1.807, 2.05) is 24.0 Å². The Balaban J connectivity index is 1.75. The number of piperidine rings is 1. The molecule has 0 radical (unpaired) electrons. The number of nitrogens with zero attached hydrogens (tertiary/aromatic N) is 2. The van der Waals surface area contributed by atoms with Crippen LogP contribution in [0.5, 0.6) is 0 Å². The smallest absolute Gasteiger partial charge is 0.253 e. The standard InChI is InChI=1S/C19H22N2O/c1-14-5-7-16(8-6-14)18-4-3-11-21(13-18)19(22)17-9-10-20-15(2)12-17/h5-10,12,18H,3-4,11,13H2,1-2H3/t18-/m0/s1. The maximum Gasteiger partial charge on any atom is 0.253 e. The molecule has 1 amide bonds. The van der Waals surface area contributed by atoms with Crippen LogP contribution in [0.25, 0.3) is 0 Å². The molecule has 3 nitrogen and oxygen atoms in total. The second-order valence-corrected chi connectivity index (χ2v) is 6.19. The third-order valence-electron chi connectivity index (χ3n) is 4.40. The number of pyridine rings is 1. The van der Waals surface area contributed by atoms with E-state index < -0.39 is 0 Å². The maximum atomic E-state index is 12.7. The fourth-order valence-electron chi connectivity index (χ4n) is 3.13. The van der Waals surface area contributed by atoms with E-state index in [-0.39, 0.29) is 5.91 Å². The van der Waals surface area contributed by atoms with Crippen molar-refractivity contribution in [3.63, 3.8) is 0 Å². The van der Waals surface area contributed by atoms with E-state index in [1.165, 1.54) is 11.1 Å². The molecule has 0 unspecified atom stereocenters. The van der Waals surface area contributed by atoms with Gasteiger partial charge in [0.1, 0.15) is 0 Å². The second kappa shape index (κ2) is 6.30. The van der Waals surface area contributed by atoms with Crippen molar-refractivity contribution in [2.24, 2.45) is 0 Å². The summed E-state index contributed by atoms with van der Waals surface area (Å²) < 4.78 is 0. The quantitative estimate of drug-likeness (QED) is 0.846. The number of carbonyl (C=O) groups is 1. The monoisotopic (exact) mass is 294 g/mol. The molecule has 0 N–H and O–H groups in total. The van der Waals surface area contributed by atoms with E-state index in [0.29, 0.717) is 5.92 Å². The van der Waals surface area contributed by atoms with Crippen molar-refractivity contribution in [2.45, 2.75) is 32.6 Å². The highest BCUT2D eigenvalue weighted by atomic mass is 16.2. The van der Waals surface area contributed by atoms with Gasteiger partial charge in [-0.2, -0.15) is 0 Å². The molecular weight excluding hydrogens is 272 g/mol. The first-order valence-electron chi connectivity index (χ1n) is 7.92. The van der Waals surface area contributed by atoms with E-state index in [0.717, 1.165) is 37.2 Å². The Bertz CT molecular complexity index is 663. The summed E-state index contributed by atoms with van der Waals surface area (Å²) in [4.78, 5) is 18.8. The Kier molecular flexibility index (Phi) is 4.23. The van der Waals surface area contributed by atoms with E-state index in [9.17, 15) is 4.79 Å². The molecule has 1 aromatic carbocycles. The molecule has 2 heterocycles. The maximum absolute atomic E-state index is 12.7. The molecule has 3 heteroatoms. The van der Waals surface area contributed by atoms with Gasteiger partial charge in [0.05, 0.1) is 0 Å². The molecule has 0 saturated carbocycles. The first-order valence-corrected chi connectivity index (χ1v) is 7.92. The average Bonchev–Trinajstić information content (AvgIpc) is 2.55. The zero-order chi connectivity index (χ0) is 15.5. The van der Waals surface area contributed by atoms with Crippen LogP contribution in [0.2, 0.25) is 0 Å². The lowest BCUT2D eigenvalue weighted by atomic mass is 9.90. The molecule has 0 bridgehead atoms. The zero-order valence-corrected chi connectivity index (χ0v) is 13.2. The van der Waals surface area contributed by atoms with Crippen LogP contribution in [0.1, 0.15) is 45.9 Å². The summed E-state index contributed by atoms with van der Waals surface area (Å²) in [5.41, 5.74) is 4.25. The lowest BCUT2D eigenvalue weighted by molar-refractivity contribution is 0.0707. The van der Waals surface area contributed by atoms with Crippen molar-refractivity contribution < 1.29 is 4.79 Å². The number of rotatable bonds is 2. The molecule has 0 spiro atoms. The van der Waals surface area contributed by atoms with Crippen molar-refractivity contribution in [3.8, 4) is 0 Å². The number of benzene rings is 1. The summed E-state index contributed by atoms with van der Waals surface area (Å²) in [5.74, 6) is 0.573. The summed E-state index contributed by atoms with van der Waals surface area (Å²) >= 11 is 0. The summed E-state index contributed by atoms with van der Waals surface area (Å²) in [6, 6.07) is 12.4. The molecule has 3 rings (SSSR count). The van der Waals surface area contributed by atoms with E-state index >= 15 is 0 Å². The average molecular weight is 294 g/mol. The summed E-state index contributed by atoms with van der Waals surface area (Å²) in [6.07, 6.45) is 3.93. The van der Waals surface area contributed by atoms with Gasteiger partial charge in [0.2, 0.25) is 0 Å². The Morgan fingerprint density at radius 3 is 2.68 bits per heavy atom. The van der Waals surface area contributed by atoms with Crippen molar-refractivity contribution in [1.29, 1.82) is 0 Å². The summed E-state index contributed by atoms with van der Waals surface area (Å²) in [6.45, 7) is 5.68. The van der Waals surface area contributed by atoms with Crippen molar-refractivity contribution in [1.82, 2.24) is 9.88 Å². The Morgan fingerprint density at radius 1 is 1.18 bits per heavy atom. The van der Waals surface area contributed by atoms with Crippen LogP contribution < -0.4 is 0 Å². The molecular formula is C19H22N2O. The van der Waals surface area contributed by atoms with Crippen molar-refractivity contribution >= 4 is 5.91 Å². The zero-order valence-electron chi connectivity index (χ0n) is 13.2. The van der Waals surface area contributed by atoms with Gasteiger partial charge < -0.3 is 4.90 Å². The van der Waals surface area contributed by atoms with Crippen LogP contribution in [0, 0.1) is 13.8 Å². The fraction of sp³-hybridized carbons (Fsp3) is 0.368. The van der Waals surface area contributed by atoms with Crippen LogP contribution in [-0.2, 0) is 0 Å². The van der Waals surface area contributed by atoms with Gasteiger partial charge in [-0.25, -0.2) is 0 Å². The molecule has 1 fully saturated rings. The molecule has 1 saturated heterocycles. The van der Waals surface area contributed by atoms with E-state index in [4.69, 9.17) is 0 Å². The number of aromatic nitrogens is 1. The van der Waals surface area contributed by atoms with Gasteiger partial charge >= 0.3 is 0 Å². The van der Waals surface area contributed by atoms with E-state index in [1.54, 1.807) is 6.20 Å². The van der Waals surface area contributed by atoms with Crippen LogP contribution >= 0.6 is 0 Å². The normalized spacial score (nSPS) is 18.3. The third-order valence-corrected chi connectivity index (χ3v) is 4.40. The fourth-order valence-corrected chi connectivity index (χ4v) is 3.13. The summed E-state index contributed by atoms with van der Waals surface area (Å²) in [5, 5.41) is 0. The highest BCUT2D eigenvalue weighted by Crippen LogP contribution is 2.28. The predicted octanol–water partition coefficient (Wildman–Crippen LogP) is 3.72. The van der Waals surface area contributed by atoms with Crippen molar-refractivity contribution in [3.05, 3.63) is 65.0 Å². The number of aryl methyl sites for hydroxylation is 2. The van der Waals surface area contributed by atoms with Gasteiger partial charge in [0, 0.05) is 36.5 Å². The van der Waals surface area contributed by atoms with Crippen molar-refractivity contribution in [2.75, 3.05) is 13.1 Å². The predicted molar refractivity (Wildman–Crippen MR) is 88.0 cm³/mol. The number of amides is 1. The van der Waals surface area contributed by atoms with Crippen LogP contribution in [0.4, 0.5) is 0 Å². The van der Waals surface area contributed by atoms with Crippen LogP contribution in [-0.4, -0.2) is 28.9 Å². The van der Waals surface area contributed by atoms with Crippen LogP contribution in [0.15, 0.2) is 42.6 Å². The lowest BCUT2D eigenvalue weighted by Gasteiger charge is -2.33. The van der Waals surface area contributed by atoms with Gasteiger partial charge in [-0.15, -0.1) is 0 Å². The largest absolute Gasteiger partial charge is 0.338 e.